The first-order valence-corrected chi connectivity index (χ1v) is 10.8. The Kier molecular flexibility index (Phi) is 7.92. The molecule has 0 spiro atoms. The van der Waals surface area contributed by atoms with Gasteiger partial charge >= 0.3 is 0 Å². The third-order valence-electron chi connectivity index (χ3n) is 4.12. The number of amides is 1. The van der Waals surface area contributed by atoms with Gasteiger partial charge in [0.15, 0.2) is 5.78 Å². The van der Waals surface area contributed by atoms with Crippen molar-refractivity contribution in [2.45, 2.75) is 31.6 Å². The molecule has 0 saturated heterocycles. The second-order valence-electron chi connectivity index (χ2n) is 6.97. The number of sulfonamides is 1. The highest BCUT2D eigenvalue weighted by Gasteiger charge is 2.14. The number of benzene rings is 2. The molecule has 156 valence electrons. The summed E-state index contributed by atoms with van der Waals surface area (Å²) in [4.78, 5) is 24.4. The average Bonchev–Trinajstić information content (AvgIpc) is 2.71. The summed E-state index contributed by atoms with van der Waals surface area (Å²) in [7, 11) is -2.03. The summed E-state index contributed by atoms with van der Waals surface area (Å²) in [6.45, 7) is 4.18. The third-order valence-corrected chi connectivity index (χ3v) is 5.56. The summed E-state index contributed by atoms with van der Waals surface area (Å²) in [6.07, 6.45) is 0.102. The second-order valence-corrected chi connectivity index (χ2v) is 8.74. The van der Waals surface area contributed by atoms with Gasteiger partial charge in [-0.25, -0.2) is 13.1 Å². The van der Waals surface area contributed by atoms with Gasteiger partial charge in [0.25, 0.3) is 0 Å². The molecule has 0 aliphatic rings. The lowest BCUT2D eigenvalue weighted by Gasteiger charge is -2.10. The van der Waals surface area contributed by atoms with Crippen molar-refractivity contribution < 1.29 is 22.7 Å². The van der Waals surface area contributed by atoms with Crippen LogP contribution in [0.1, 0.15) is 37.0 Å². The molecule has 0 saturated carbocycles. The Hall–Kier alpha value is -2.71. The number of hydrogen-bond donors (Lipinski definition) is 2. The van der Waals surface area contributed by atoms with E-state index in [0.29, 0.717) is 23.5 Å². The zero-order valence-electron chi connectivity index (χ0n) is 16.8. The van der Waals surface area contributed by atoms with E-state index < -0.39 is 10.0 Å². The van der Waals surface area contributed by atoms with E-state index in [-0.39, 0.29) is 35.3 Å². The van der Waals surface area contributed by atoms with Gasteiger partial charge in [0.1, 0.15) is 5.75 Å². The van der Waals surface area contributed by atoms with E-state index in [4.69, 9.17) is 4.74 Å². The van der Waals surface area contributed by atoms with Crippen molar-refractivity contribution >= 4 is 27.4 Å². The Morgan fingerprint density at radius 1 is 0.966 bits per heavy atom. The van der Waals surface area contributed by atoms with Crippen LogP contribution in [0, 0.1) is 5.92 Å². The number of Topliss-reactive ketones (excluding diaryl/α,β-unsaturated/α-hetero) is 1. The first kappa shape index (κ1) is 22.6. The molecular formula is C21H26N2O5S. The SMILES string of the molecule is COc1ccc(C(=O)CCC(=O)Nc2ccc(S(=O)(=O)NCC(C)C)cc2)cc1. The van der Waals surface area contributed by atoms with E-state index in [1.807, 2.05) is 13.8 Å². The molecule has 0 aliphatic heterocycles. The monoisotopic (exact) mass is 418 g/mol. The van der Waals surface area contributed by atoms with Crippen molar-refractivity contribution in [2.24, 2.45) is 5.92 Å². The molecule has 0 aliphatic carbocycles. The summed E-state index contributed by atoms with van der Waals surface area (Å²) < 4.78 is 31.9. The highest BCUT2D eigenvalue weighted by Crippen LogP contribution is 2.16. The lowest BCUT2D eigenvalue weighted by molar-refractivity contribution is -0.116. The fourth-order valence-corrected chi connectivity index (χ4v) is 3.66. The van der Waals surface area contributed by atoms with Crippen LogP contribution in [-0.2, 0) is 14.8 Å². The van der Waals surface area contributed by atoms with Gasteiger partial charge < -0.3 is 10.1 Å². The molecule has 0 aromatic heterocycles. The predicted molar refractivity (Wildman–Crippen MR) is 112 cm³/mol. The van der Waals surface area contributed by atoms with Crippen molar-refractivity contribution in [1.82, 2.24) is 4.72 Å². The van der Waals surface area contributed by atoms with Crippen LogP contribution in [-0.4, -0.2) is 33.8 Å². The smallest absolute Gasteiger partial charge is 0.240 e. The Labute approximate surface area is 171 Å². The van der Waals surface area contributed by atoms with Crippen LogP contribution >= 0.6 is 0 Å². The fraction of sp³-hybridized carbons (Fsp3) is 0.333. The van der Waals surface area contributed by atoms with Gasteiger partial charge in [0.2, 0.25) is 15.9 Å². The molecule has 2 rings (SSSR count). The van der Waals surface area contributed by atoms with E-state index in [1.54, 1.807) is 31.4 Å². The van der Waals surface area contributed by atoms with Crippen molar-refractivity contribution in [2.75, 3.05) is 19.0 Å². The number of hydrogen-bond acceptors (Lipinski definition) is 5. The van der Waals surface area contributed by atoms with E-state index in [9.17, 15) is 18.0 Å². The molecule has 0 heterocycles. The van der Waals surface area contributed by atoms with E-state index in [1.165, 1.54) is 24.3 Å². The number of rotatable bonds is 10. The van der Waals surface area contributed by atoms with Crippen molar-refractivity contribution in [3.05, 3.63) is 54.1 Å². The highest BCUT2D eigenvalue weighted by atomic mass is 32.2. The Morgan fingerprint density at radius 2 is 1.59 bits per heavy atom. The topological polar surface area (TPSA) is 102 Å². The zero-order valence-corrected chi connectivity index (χ0v) is 17.6. The lowest BCUT2D eigenvalue weighted by atomic mass is 10.1. The van der Waals surface area contributed by atoms with Gasteiger partial charge in [0.05, 0.1) is 12.0 Å². The molecule has 2 N–H and O–H groups in total. The van der Waals surface area contributed by atoms with E-state index >= 15 is 0 Å². The van der Waals surface area contributed by atoms with Crippen LogP contribution in [0.15, 0.2) is 53.4 Å². The maximum Gasteiger partial charge on any atom is 0.240 e. The van der Waals surface area contributed by atoms with Gasteiger partial charge in [0, 0.05) is 30.6 Å². The number of methoxy groups -OCH3 is 1. The molecule has 0 atom stereocenters. The van der Waals surface area contributed by atoms with Crippen LogP contribution in [0.4, 0.5) is 5.69 Å². The minimum atomic E-state index is -3.57. The fourth-order valence-electron chi connectivity index (χ4n) is 2.45. The standard InChI is InChI=1S/C21H26N2O5S/c1-15(2)14-22-29(26,27)19-10-6-17(7-11-19)23-21(25)13-12-20(24)16-4-8-18(28-3)9-5-16/h4-11,15,22H,12-14H2,1-3H3,(H,23,25). The average molecular weight is 419 g/mol. The van der Waals surface area contributed by atoms with Crippen LogP contribution in [0.2, 0.25) is 0 Å². The minimum absolute atomic E-state index is 0.0286. The molecule has 8 heteroatoms. The molecule has 0 radical (unpaired) electrons. The van der Waals surface area contributed by atoms with Crippen molar-refractivity contribution in [3.63, 3.8) is 0 Å². The molecule has 7 nitrogen and oxygen atoms in total. The first-order chi connectivity index (χ1) is 13.7. The quantitative estimate of drug-likeness (QED) is 0.577. The molecule has 2 aromatic carbocycles. The summed E-state index contributed by atoms with van der Waals surface area (Å²) >= 11 is 0. The van der Waals surface area contributed by atoms with Crippen LogP contribution in [0.5, 0.6) is 5.75 Å². The van der Waals surface area contributed by atoms with E-state index in [2.05, 4.69) is 10.0 Å². The van der Waals surface area contributed by atoms with Crippen LogP contribution in [0.3, 0.4) is 0 Å². The summed E-state index contributed by atoms with van der Waals surface area (Å²) in [5.41, 5.74) is 0.983. The maximum absolute atomic E-state index is 12.2. The highest BCUT2D eigenvalue weighted by molar-refractivity contribution is 7.89. The molecule has 29 heavy (non-hydrogen) atoms. The molecule has 2 aromatic rings. The summed E-state index contributed by atoms with van der Waals surface area (Å²) in [5, 5.41) is 2.67. The second kappa shape index (κ2) is 10.2. The first-order valence-electron chi connectivity index (χ1n) is 9.28. The van der Waals surface area contributed by atoms with Crippen molar-refractivity contribution in [3.8, 4) is 5.75 Å². The maximum atomic E-state index is 12.2. The Balaban J connectivity index is 1.87. The number of nitrogens with one attached hydrogen (secondary N) is 2. The van der Waals surface area contributed by atoms with E-state index in [0.717, 1.165) is 0 Å². The largest absolute Gasteiger partial charge is 0.497 e. The number of carbonyl (C=O) groups is 2. The van der Waals surface area contributed by atoms with Gasteiger partial charge in [-0.05, 0) is 54.4 Å². The molecule has 1 amide bonds. The van der Waals surface area contributed by atoms with Crippen molar-refractivity contribution in [1.29, 1.82) is 0 Å². The number of ketones is 1. The minimum Gasteiger partial charge on any atom is -0.497 e. The predicted octanol–water partition coefficient (Wildman–Crippen LogP) is 3.23. The summed E-state index contributed by atoms with van der Waals surface area (Å²) in [5.74, 6) is 0.397. The van der Waals surface area contributed by atoms with Crippen LogP contribution < -0.4 is 14.8 Å². The molecule has 0 unspecified atom stereocenters. The Morgan fingerprint density at radius 3 is 2.14 bits per heavy atom. The Bertz CT molecular complexity index is 936. The summed E-state index contributed by atoms with van der Waals surface area (Å²) in [6, 6.07) is 12.6. The normalized spacial score (nSPS) is 11.3. The number of carbonyl (C=O) groups excluding carboxylic acids is 2. The van der Waals surface area contributed by atoms with Gasteiger partial charge in [-0.3, -0.25) is 9.59 Å². The third kappa shape index (κ3) is 6.99. The molecular weight excluding hydrogens is 392 g/mol. The zero-order chi connectivity index (χ0) is 21.4. The van der Waals surface area contributed by atoms with Crippen LogP contribution in [0.25, 0.3) is 0 Å². The molecule has 0 fully saturated rings. The molecule has 0 bridgehead atoms. The lowest BCUT2D eigenvalue weighted by Crippen LogP contribution is -2.27. The number of ether oxygens (including phenoxy) is 1. The number of anilines is 1. The van der Waals surface area contributed by atoms with Gasteiger partial charge in [-0.2, -0.15) is 0 Å². The van der Waals surface area contributed by atoms with Gasteiger partial charge in [-0.15, -0.1) is 0 Å². The van der Waals surface area contributed by atoms with Gasteiger partial charge in [-0.1, -0.05) is 13.8 Å².